The zero-order valence-corrected chi connectivity index (χ0v) is 9.09. The number of hydrogen-bond donors (Lipinski definition) is 3. The second-order valence-corrected chi connectivity index (χ2v) is 3.77. The predicted molar refractivity (Wildman–Crippen MR) is 62.7 cm³/mol. The van der Waals surface area contributed by atoms with E-state index in [1.807, 2.05) is 12.1 Å². The first-order chi connectivity index (χ1) is 8.15. The van der Waals surface area contributed by atoms with E-state index in [9.17, 15) is 4.79 Å². The number of aromatic nitrogens is 1. The maximum absolute atomic E-state index is 10.4. The number of nitrogens with one attached hydrogen (secondary N) is 1. The van der Waals surface area contributed by atoms with Crippen molar-refractivity contribution in [2.75, 3.05) is 11.9 Å². The molecule has 90 valence electrons. The Hall–Kier alpha value is -2.08. The minimum absolute atomic E-state index is 0.0580. The zero-order valence-electron chi connectivity index (χ0n) is 9.09. The Balaban J connectivity index is 1.96. The molecule has 1 atom stereocenters. The van der Waals surface area contributed by atoms with Crippen LogP contribution in [0.15, 0.2) is 29.0 Å². The number of nitrogens with zero attached hydrogens (tertiary/aromatic N) is 1. The monoisotopic (exact) mass is 235 g/mol. The van der Waals surface area contributed by atoms with Crippen molar-refractivity contribution in [3.8, 4) is 0 Å². The molecular formula is C11H13N3O3. The van der Waals surface area contributed by atoms with Crippen LogP contribution in [0.25, 0.3) is 11.1 Å². The molecule has 1 aromatic carbocycles. The third-order valence-electron chi connectivity index (χ3n) is 2.34. The van der Waals surface area contributed by atoms with Gasteiger partial charge in [-0.1, -0.05) is 0 Å². The van der Waals surface area contributed by atoms with E-state index < -0.39 is 12.0 Å². The molecule has 1 aromatic heterocycles. The number of rotatable bonds is 5. The molecule has 1 heterocycles. The van der Waals surface area contributed by atoms with E-state index in [-0.39, 0.29) is 6.42 Å². The summed E-state index contributed by atoms with van der Waals surface area (Å²) in [6.07, 6.45) is 1.32. The predicted octanol–water partition coefficient (Wildman–Crippen LogP) is 1.04. The molecule has 0 saturated heterocycles. The molecule has 1 unspecified atom stereocenters. The van der Waals surface area contributed by atoms with Crippen molar-refractivity contribution in [3.63, 3.8) is 0 Å². The molecule has 0 fully saturated rings. The first kappa shape index (κ1) is 11.4. The van der Waals surface area contributed by atoms with E-state index in [0.717, 1.165) is 11.2 Å². The summed E-state index contributed by atoms with van der Waals surface area (Å²) in [5, 5.41) is 11.6. The number of aliphatic carboxylic acids is 1. The van der Waals surface area contributed by atoms with Crippen LogP contribution < -0.4 is 11.1 Å². The lowest BCUT2D eigenvalue weighted by atomic mass is 10.2. The molecule has 0 aliphatic carbocycles. The normalized spacial score (nSPS) is 12.5. The molecule has 0 bridgehead atoms. The van der Waals surface area contributed by atoms with Gasteiger partial charge < -0.3 is 20.6 Å². The van der Waals surface area contributed by atoms with Gasteiger partial charge in [-0.05, 0) is 12.1 Å². The van der Waals surface area contributed by atoms with E-state index in [0.29, 0.717) is 12.1 Å². The van der Waals surface area contributed by atoms with Gasteiger partial charge in [-0.2, -0.15) is 0 Å². The average molecular weight is 235 g/mol. The molecule has 0 radical (unpaired) electrons. The zero-order chi connectivity index (χ0) is 12.3. The molecule has 6 nitrogen and oxygen atoms in total. The highest BCUT2D eigenvalue weighted by Crippen LogP contribution is 2.17. The molecule has 4 N–H and O–H groups in total. The van der Waals surface area contributed by atoms with E-state index in [1.165, 1.54) is 6.39 Å². The minimum Gasteiger partial charge on any atom is -0.481 e. The second kappa shape index (κ2) is 4.84. The van der Waals surface area contributed by atoms with E-state index in [1.54, 1.807) is 6.07 Å². The fraction of sp³-hybridized carbons (Fsp3) is 0.273. The summed E-state index contributed by atoms with van der Waals surface area (Å²) < 4.78 is 5.15. The SMILES string of the molecule is NC(CNc1ccc2ncoc2c1)CC(=O)O. The number of hydrogen-bond acceptors (Lipinski definition) is 5. The van der Waals surface area contributed by atoms with Crippen LogP contribution >= 0.6 is 0 Å². The molecule has 0 amide bonds. The standard InChI is InChI=1S/C11H13N3O3/c12-7(3-11(15)16)5-13-8-1-2-9-10(4-8)17-6-14-9/h1-2,4,6-7,13H,3,5,12H2,(H,15,16). The molecule has 0 spiro atoms. The maximum Gasteiger partial charge on any atom is 0.304 e. The third kappa shape index (κ3) is 2.94. The highest BCUT2D eigenvalue weighted by molar-refractivity contribution is 5.76. The van der Waals surface area contributed by atoms with Gasteiger partial charge >= 0.3 is 5.97 Å². The quantitative estimate of drug-likeness (QED) is 0.715. The summed E-state index contributed by atoms with van der Waals surface area (Å²) in [5.74, 6) is -0.898. The topological polar surface area (TPSA) is 101 Å². The van der Waals surface area contributed by atoms with Crippen LogP contribution in [0.1, 0.15) is 6.42 Å². The molecule has 0 saturated carbocycles. The Morgan fingerprint density at radius 1 is 1.59 bits per heavy atom. The first-order valence-corrected chi connectivity index (χ1v) is 5.19. The van der Waals surface area contributed by atoms with E-state index in [4.69, 9.17) is 15.3 Å². The number of carboxylic acid groups (broad SMARTS) is 1. The summed E-state index contributed by atoms with van der Waals surface area (Å²) in [6.45, 7) is 0.395. The fourth-order valence-electron chi connectivity index (χ4n) is 1.51. The van der Waals surface area contributed by atoms with Crippen LogP contribution in [0.2, 0.25) is 0 Å². The van der Waals surface area contributed by atoms with Gasteiger partial charge in [-0.3, -0.25) is 4.79 Å². The smallest absolute Gasteiger partial charge is 0.304 e. The Kier molecular flexibility index (Phi) is 3.24. The molecule has 2 rings (SSSR count). The Labute approximate surface area is 97.4 Å². The number of fused-ring (bicyclic) bond motifs is 1. The van der Waals surface area contributed by atoms with Crippen molar-refractivity contribution in [1.29, 1.82) is 0 Å². The molecule has 2 aromatic rings. The summed E-state index contributed by atoms with van der Waals surface area (Å²) in [6, 6.07) is 5.05. The summed E-state index contributed by atoms with van der Waals surface area (Å²) in [5.41, 5.74) is 7.93. The van der Waals surface area contributed by atoms with Crippen molar-refractivity contribution in [2.24, 2.45) is 5.73 Å². The molecule has 17 heavy (non-hydrogen) atoms. The molecule has 0 aliphatic heterocycles. The Morgan fingerprint density at radius 2 is 2.41 bits per heavy atom. The molecule has 6 heteroatoms. The van der Waals surface area contributed by atoms with E-state index >= 15 is 0 Å². The van der Waals surface area contributed by atoms with Gasteiger partial charge in [0.2, 0.25) is 0 Å². The van der Waals surface area contributed by atoms with Crippen molar-refractivity contribution in [3.05, 3.63) is 24.6 Å². The van der Waals surface area contributed by atoms with Gasteiger partial charge in [0.15, 0.2) is 12.0 Å². The second-order valence-electron chi connectivity index (χ2n) is 3.77. The largest absolute Gasteiger partial charge is 0.481 e. The highest BCUT2D eigenvalue weighted by atomic mass is 16.4. The number of anilines is 1. The van der Waals surface area contributed by atoms with Gasteiger partial charge in [0.1, 0.15) is 5.52 Å². The Morgan fingerprint density at radius 3 is 3.18 bits per heavy atom. The summed E-state index contributed by atoms with van der Waals surface area (Å²) >= 11 is 0. The molecule has 0 aliphatic rings. The van der Waals surface area contributed by atoms with Crippen molar-refractivity contribution in [1.82, 2.24) is 4.98 Å². The minimum atomic E-state index is -0.898. The van der Waals surface area contributed by atoms with Crippen LogP contribution in [0.3, 0.4) is 0 Å². The van der Waals surface area contributed by atoms with Gasteiger partial charge in [0.25, 0.3) is 0 Å². The lowest BCUT2D eigenvalue weighted by molar-refractivity contribution is -0.137. The van der Waals surface area contributed by atoms with Crippen molar-refractivity contribution < 1.29 is 14.3 Å². The summed E-state index contributed by atoms with van der Waals surface area (Å²) in [7, 11) is 0. The van der Waals surface area contributed by atoms with Crippen LogP contribution in [0.4, 0.5) is 5.69 Å². The number of benzene rings is 1. The third-order valence-corrected chi connectivity index (χ3v) is 2.34. The number of carbonyl (C=O) groups is 1. The first-order valence-electron chi connectivity index (χ1n) is 5.19. The number of carboxylic acids is 1. The van der Waals surface area contributed by atoms with Crippen LogP contribution in [0, 0.1) is 0 Å². The maximum atomic E-state index is 10.4. The van der Waals surface area contributed by atoms with Crippen LogP contribution in [-0.2, 0) is 4.79 Å². The van der Waals surface area contributed by atoms with Crippen molar-refractivity contribution in [2.45, 2.75) is 12.5 Å². The average Bonchev–Trinajstić information content (AvgIpc) is 2.72. The fourth-order valence-corrected chi connectivity index (χ4v) is 1.51. The van der Waals surface area contributed by atoms with E-state index in [2.05, 4.69) is 10.3 Å². The highest BCUT2D eigenvalue weighted by Gasteiger charge is 2.08. The number of nitrogens with two attached hydrogens (primary N) is 1. The Bertz CT molecular complexity index is 523. The lowest BCUT2D eigenvalue weighted by Gasteiger charge is -2.11. The van der Waals surface area contributed by atoms with Crippen LogP contribution in [-0.4, -0.2) is 28.6 Å². The van der Waals surface area contributed by atoms with Gasteiger partial charge in [-0.25, -0.2) is 4.98 Å². The van der Waals surface area contributed by atoms with Gasteiger partial charge in [0.05, 0.1) is 6.42 Å². The lowest BCUT2D eigenvalue weighted by Crippen LogP contribution is -2.31. The van der Waals surface area contributed by atoms with Gasteiger partial charge in [-0.15, -0.1) is 0 Å². The summed E-state index contributed by atoms with van der Waals surface area (Å²) in [4.78, 5) is 14.4. The molecular weight excluding hydrogens is 222 g/mol. The number of oxazole rings is 1. The van der Waals surface area contributed by atoms with Gasteiger partial charge in [0, 0.05) is 24.3 Å². The van der Waals surface area contributed by atoms with Crippen LogP contribution in [0.5, 0.6) is 0 Å². The van der Waals surface area contributed by atoms with Crippen molar-refractivity contribution >= 4 is 22.8 Å².